The summed E-state index contributed by atoms with van der Waals surface area (Å²) in [6.45, 7) is 7.47. The Morgan fingerprint density at radius 3 is 2.00 bits per heavy atom. The second-order valence-electron chi connectivity index (χ2n) is 3.16. The molecule has 0 atom stereocenters. The van der Waals surface area contributed by atoms with Crippen LogP contribution in [0.2, 0.25) is 0 Å². The molecule has 0 N–H and O–H groups in total. The van der Waals surface area contributed by atoms with Gasteiger partial charge in [-0.2, -0.15) is 0 Å². The Morgan fingerprint density at radius 2 is 1.47 bits per heavy atom. The van der Waals surface area contributed by atoms with Crippen LogP contribution in [0, 0.1) is 0 Å². The van der Waals surface area contributed by atoms with Gasteiger partial charge in [0.05, 0.1) is 0 Å². The Hall–Kier alpha value is -0.600. The number of hydrogen-bond donors (Lipinski definition) is 0. The van der Waals surface area contributed by atoms with Gasteiger partial charge in [0.2, 0.25) is 0 Å². The third-order valence-electron chi connectivity index (χ3n) is 1.86. The van der Waals surface area contributed by atoms with Crippen LogP contribution in [-0.2, 0) is 9.47 Å². The summed E-state index contributed by atoms with van der Waals surface area (Å²) in [4.78, 5) is 0. The average Bonchev–Trinajstić information content (AvgIpc) is 2.24. The normalized spacial score (nSPS) is 12.3. The molecule has 0 aliphatic carbocycles. The molecular formula is C13H24O2. The van der Waals surface area contributed by atoms with Crippen LogP contribution in [0.3, 0.4) is 0 Å². The Kier molecular flexibility index (Phi) is 11.0. The molecule has 0 bridgehead atoms. The molecule has 0 aromatic carbocycles. The van der Waals surface area contributed by atoms with E-state index < -0.39 is 0 Å². The summed E-state index contributed by atoms with van der Waals surface area (Å²) in [5, 5.41) is 0. The molecule has 0 aliphatic rings. The van der Waals surface area contributed by atoms with Gasteiger partial charge in [-0.15, -0.1) is 0 Å². The van der Waals surface area contributed by atoms with Crippen LogP contribution in [0.25, 0.3) is 0 Å². The van der Waals surface area contributed by atoms with Gasteiger partial charge in [0.1, 0.15) is 0 Å². The highest BCUT2D eigenvalue weighted by molar-refractivity contribution is 4.89. The van der Waals surface area contributed by atoms with Gasteiger partial charge in [0.15, 0.2) is 6.29 Å². The van der Waals surface area contributed by atoms with Gasteiger partial charge in [-0.25, -0.2) is 0 Å². The molecule has 2 heteroatoms. The van der Waals surface area contributed by atoms with Crippen LogP contribution < -0.4 is 0 Å². The van der Waals surface area contributed by atoms with E-state index in [1.54, 1.807) is 0 Å². The number of allylic oxidation sites excluding steroid dienone is 3. The molecule has 0 heterocycles. The van der Waals surface area contributed by atoms with Crippen LogP contribution in [0.15, 0.2) is 24.3 Å². The third-order valence-corrected chi connectivity index (χ3v) is 1.86. The molecular weight excluding hydrogens is 188 g/mol. The number of ether oxygens (including phenoxy) is 2. The topological polar surface area (TPSA) is 18.5 Å². The second kappa shape index (κ2) is 11.5. The fourth-order valence-corrected chi connectivity index (χ4v) is 1.17. The maximum atomic E-state index is 5.38. The minimum Gasteiger partial charge on any atom is -0.349 e. The highest BCUT2D eigenvalue weighted by Crippen LogP contribution is 2.00. The Balaban J connectivity index is 3.64. The van der Waals surface area contributed by atoms with Crippen molar-refractivity contribution in [1.82, 2.24) is 0 Å². The van der Waals surface area contributed by atoms with Crippen LogP contribution in [0.4, 0.5) is 0 Å². The van der Waals surface area contributed by atoms with Gasteiger partial charge in [-0.05, 0) is 39.2 Å². The highest BCUT2D eigenvalue weighted by atomic mass is 16.7. The molecule has 0 radical (unpaired) electrons. The fraction of sp³-hybridized carbons (Fsp3) is 0.692. The number of rotatable bonds is 9. The van der Waals surface area contributed by atoms with E-state index in [0.717, 1.165) is 19.3 Å². The lowest BCUT2D eigenvalue weighted by atomic mass is 10.2. The summed E-state index contributed by atoms with van der Waals surface area (Å²) < 4.78 is 10.8. The summed E-state index contributed by atoms with van der Waals surface area (Å²) in [6.07, 6.45) is 11.6. The van der Waals surface area contributed by atoms with Gasteiger partial charge < -0.3 is 9.47 Å². The smallest absolute Gasteiger partial charge is 0.176 e. The molecule has 0 saturated heterocycles. The fourth-order valence-electron chi connectivity index (χ4n) is 1.17. The second-order valence-corrected chi connectivity index (χ2v) is 3.16. The van der Waals surface area contributed by atoms with Crippen molar-refractivity contribution in [1.29, 1.82) is 0 Å². The Bertz CT molecular complexity index is 167. The zero-order chi connectivity index (χ0) is 11.4. The molecule has 0 aromatic rings. The molecule has 0 aromatic heterocycles. The molecule has 0 saturated carbocycles. The quantitative estimate of drug-likeness (QED) is 0.330. The van der Waals surface area contributed by atoms with E-state index in [0.29, 0.717) is 13.2 Å². The molecule has 2 nitrogen and oxygen atoms in total. The van der Waals surface area contributed by atoms with Gasteiger partial charge in [0.25, 0.3) is 0 Å². The van der Waals surface area contributed by atoms with Gasteiger partial charge in [-0.1, -0.05) is 25.2 Å². The molecule has 0 amide bonds. The largest absolute Gasteiger partial charge is 0.349 e. The molecule has 0 unspecified atom stereocenters. The number of hydrogen-bond acceptors (Lipinski definition) is 2. The maximum Gasteiger partial charge on any atom is 0.176 e. The van der Waals surface area contributed by atoms with Crippen molar-refractivity contribution in [2.45, 2.75) is 46.3 Å². The van der Waals surface area contributed by atoms with Crippen molar-refractivity contribution in [2.75, 3.05) is 13.2 Å². The summed E-state index contributed by atoms with van der Waals surface area (Å²) in [5.74, 6) is 0. The van der Waals surface area contributed by atoms with Crippen LogP contribution in [-0.4, -0.2) is 19.5 Å². The van der Waals surface area contributed by atoms with Crippen molar-refractivity contribution in [3.8, 4) is 0 Å². The van der Waals surface area contributed by atoms with Crippen LogP contribution in [0.1, 0.15) is 40.0 Å². The predicted octanol–water partition coefficient (Wildman–Crippen LogP) is 3.69. The Morgan fingerprint density at radius 1 is 0.867 bits per heavy atom. The van der Waals surface area contributed by atoms with Gasteiger partial charge in [0, 0.05) is 13.2 Å². The SMILES string of the molecule is CC/C=C/CC/C=C/C(OCC)OCC. The lowest BCUT2D eigenvalue weighted by molar-refractivity contribution is -0.104. The van der Waals surface area contributed by atoms with E-state index in [9.17, 15) is 0 Å². The lowest BCUT2D eigenvalue weighted by Gasteiger charge is -2.12. The first kappa shape index (κ1) is 14.4. The van der Waals surface area contributed by atoms with Crippen LogP contribution >= 0.6 is 0 Å². The summed E-state index contributed by atoms with van der Waals surface area (Å²) in [6, 6.07) is 0. The average molecular weight is 212 g/mol. The molecule has 0 rings (SSSR count). The number of unbranched alkanes of at least 4 members (excludes halogenated alkanes) is 1. The van der Waals surface area contributed by atoms with Crippen LogP contribution in [0.5, 0.6) is 0 Å². The van der Waals surface area contributed by atoms with Crippen molar-refractivity contribution in [3.63, 3.8) is 0 Å². The first-order valence-corrected chi connectivity index (χ1v) is 5.89. The molecule has 0 fully saturated rings. The zero-order valence-electron chi connectivity index (χ0n) is 10.2. The molecule has 88 valence electrons. The van der Waals surface area contributed by atoms with Crippen molar-refractivity contribution in [2.24, 2.45) is 0 Å². The monoisotopic (exact) mass is 212 g/mol. The summed E-state index contributed by atoms with van der Waals surface area (Å²) in [5.41, 5.74) is 0. The van der Waals surface area contributed by atoms with E-state index >= 15 is 0 Å². The zero-order valence-corrected chi connectivity index (χ0v) is 10.2. The predicted molar refractivity (Wildman–Crippen MR) is 64.8 cm³/mol. The standard InChI is InChI=1S/C13H24O2/c1-4-7-8-9-10-11-12-13(14-5-2)15-6-3/h7-8,11-13H,4-6,9-10H2,1-3H3/b8-7+,12-11+. The molecule has 0 aliphatic heterocycles. The molecule has 0 spiro atoms. The van der Waals surface area contributed by atoms with E-state index in [1.165, 1.54) is 0 Å². The van der Waals surface area contributed by atoms with Crippen molar-refractivity contribution in [3.05, 3.63) is 24.3 Å². The highest BCUT2D eigenvalue weighted by Gasteiger charge is 2.00. The van der Waals surface area contributed by atoms with E-state index in [-0.39, 0.29) is 6.29 Å². The first-order valence-electron chi connectivity index (χ1n) is 5.89. The van der Waals surface area contributed by atoms with Crippen molar-refractivity contribution < 1.29 is 9.47 Å². The van der Waals surface area contributed by atoms with Gasteiger partial charge in [-0.3, -0.25) is 0 Å². The van der Waals surface area contributed by atoms with Gasteiger partial charge >= 0.3 is 0 Å². The lowest BCUT2D eigenvalue weighted by Crippen LogP contribution is -2.13. The Labute approximate surface area is 94.0 Å². The summed E-state index contributed by atoms with van der Waals surface area (Å²) >= 11 is 0. The maximum absolute atomic E-state index is 5.38. The minimum absolute atomic E-state index is 0.171. The van der Waals surface area contributed by atoms with Crippen molar-refractivity contribution >= 4 is 0 Å². The first-order chi connectivity index (χ1) is 7.35. The molecule has 15 heavy (non-hydrogen) atoms. The van der Waals surface area contributed by atoms with E-state index in [2.05, 4.69) is 25.2 Å². The minimum atomic E-state index is -0.171. The van der Waals surface area contributed by atoms with E-state index in [4.69, 9.17) is 9.47 Å². The third kappa shape index (κ3) is 9.70. The summed E-state index contributed by atoms with van der Waals surface area (Å²) in [7, 11) is 0. The van der Waals surface area contributed by atoms with E-state index in [1.807, 2.05) is 19.9 Å².